The summed E-state index contributed by atoms with van der Waals surface area (Å²) in [6, 6.07) is 19.1. The molecule has 5 rings (SSSR count). The van der Waals surface area contributed by atoms with E-state index in [0.717, 1.165) is 16.3 Å². The lowest BCUT2D eigenvalue weighted by Gasteiger charge is -2.08. The lowest BCUT2D eigenvalue weighted by molar-refractivity contribution is 0.290. The normalized spacial score (nSPS) is 11.2. The molecular weight excluding hydrogens is 434 g/mol. The van der Waals surface area contributed by atoms with E-state index in [1.54, 1.807) is 16.6 Å². The first kappa shape index (κ1) is 19.5. The summed E-state index contributed by atoms with van der Waals surface area (Å²) in [5.41, 5.74) is 1.82. The highest BCUT2D eigenvalue weighted by Crippen LogP contribution is 2.29. The zero-order valence-electron chi connectivity index (χ0n) is 16.4. The van der Waals surface area contributed by atoms with E-state index in [4.69, 9.17) is 16.3 Å². The van der Waals surface area contributed by atoms with E-state index in [1.165, 1.54) is 18.1 Å². The van der Waals surface area contributed by atoms with Crippen molar-refractivity contribution in [3.8, 4) is 17.0 Å². The molecule has 10 heteroatoms. The van der Waals surface area contributed by atoms with Crippen molar-refractivity contribution in [2.75, 3.05) is 0 Å². The largest absolute Gasteiger partial charge is 0.486 e. The number of benzene rings is 2. The van der Waals surface area contributed by atoms with Crippen molar-refractivity contribution in [1.82, 2.24) is 34.3 Å². The van der Waals surface area contributed by atoms with Gasteiger partial charge in [0, 0.05) is 17.6 Å². The van der Waals surface area contributed by atoms with Crippen molar-refractivity contribution in [3.05, 3.63) is 77.8 Å². The fourth-order valence-electron chi connectivity index (χ4n) is 2.95. The summed E-state index contributed by atoms with van der Waals surface area (Å²) in [5.74, 6) is 1.94. The standard InChI is InChI=1S/C21H16ClN7OS/c1-28-18(12-30-16-9-7-15(22)8-10-16)26-27-21(28)31-19-11-17(14-5-3-2-4-6-14)25-20-23-13-24-29(19)20/h2-11,13H,12H2,1H3. The maximum atomic E-state index is 5.92. The van der Waals surface area contributed by atoms with Crippen molar-refractivity contribution >= 4 is 29.1 Å². The highest BCUT2D eigenvalue weighted by atomic mass is 35.5. The van der Waals surface area contributed by atoms with Gasteiger partial charge in [-0.1, -0.05) is 41.9 Å². The third-order valence-electron chi connectivity index (χ3n) is 4.59. The van der Waals surface area contributed by atoms with Crippen molar-refractivity contribution < 1.29 is 4.74 Å². The van der Waals surface area contributed by atoms with Crippen molar-refractivity contribution in [3.63, 3.8) is 0 Å². The highest BCUT2D eigenvalue weighted by molar-refractivity contribution is 7.99. The second kappa shape index (κ2) is 8.37. The number of ether oxygens (including phenoxy) is 1. The second-order valence-corrected chi connectivity index (χ2v) is 8.04. The predicted molar refractivity (Wildman–Crippen MR) is 117 cm³/mol. The Hall–Kier alpha value is -3.43. The quantitative estimate of drug-likeness (QED) is 0.357. The Morgan fingerprint density at radius 3 is 2.65 bits per heavy atom. The van der Waals surface area contributed by atoms with Crippen LogP contribution in [0.5, 0.6) is 5.75 Å². The maximum Gasteiger partial charge on any atom is 0.253 e. The van der Waals surface area contributed by atoms with Gasteiger partial charge in [-0.15, -0.1) is 10.2 Å². The fourth-order valence-corrected chi connectivity index (χ4v) is 3.97. The number of rotatable bonds is 6. The molecule has 0 N–H and O–H groups in total. The third kappa shape index (κ3) is 4.10. The average Bonchev–Trinajstić information content (AvgIpc) is 3.41. The van der Waals surface area contributed by atoms with E-state index in [9.17, 15) is 0 Å². The Morgan fingerprint density at radius 1 is 1.03 bits per heavy atom. The van der Waals surface area contributed by atoms with Gasteiger partial charge in [-0.2, -0.15) is 14.6 Å². The van der Waals surface area contributed by atoms with Gasteiger partial charge < -0.3 is 9.30 Å². The van der Waals surface area contributed by atoms with Crippen LogP contribution in [-0.4, -0.2) is 34.3 Å². The Bertz CT molecular complexity index is 1340. The van der Waals surface area contributed by atoms with Crippen LogP contribution in [-0.2, 0) is 13.7 Å². The summed E-state index contributed by atoms with van der Waals surface area (Å²) in [7, 11) is 1.90. The first-order valence-electron chi connectivity index (χ1n) is 9.38. The second-order valence-electron chi connectivity index (χ2n) is 6.62. The van der Waals surface area contributed by atoms with Crippen LogP contribution < -0.4 is 4.74 Å². The molecule has 0 spiro atoms. The fraction of sp³-hybridized carbons (Fsp3) is 0.0952. The first-order valence-corrected chi connectivity index (χ1v) is 10.6. The van der Waals surface area contributed by atoms with Crippen molar-refractivity contribution in [1.29, 1.82) is 0 Å². The van der Waals surface area contributed by atoms with Crippen LogP contribution >= 0.6 is 23.4 Å². The minimum Gasteiger partial charge on any atom is -0.486 e. The molecule has 0 saturated carbocycles. The van der Waals surface area contributed by atoms with Crippen LogP contribution in [0.1, 0.15) is 5.82 Å². The molecule has 0 amide bonds. The summed E-state index contributed by atoms with van der Waals surface area (Å²) >= 11 is 7.36. The van der Waals surface area contributed by atoms with Crippen LogP contribution in [0.25, 0.3) is 17.0 Å². The molecule has 0 fully saturated rings. The predicted octanol–water partition coefficient (Wildman–Crippen LogP) is 4.30. The molecule has 3 aromatic heterocycles. The summed E-state index contributed by atoms with van der Waals surface area (Å²) in [6.45, 7) is 0.288. The van der Waals surface area contributed by atoms with E-state index < -0.39 is 0 Å². The van der Waals surface area contributed by atoms with Crippen LogP contribution in [0.4, 0.5) is 0 Å². The molecule has 0 aliphatic carbocycles. The Morgan fingerprint density at radius 2 is 1.84 bits per heavy atom. The van der Waals surface area contributed by atoms with Crippen molar-refractivity contribution in [2.45, 2.75) is 16.8 Å². The number of hydrogen-bond donors (Lipinski definition) is 0. The Labute approximate surface area is 186 Å². The van der Waals surface area contributed by atoms with Crippen LogP contribution in [0.2, 0.25) is 5.02 Å². The van der Waals surface area contributed by atoms with Gasteiger partial charge in [0.15, 0.2) is 11.0 Å². The monoisotopic (exact) mass is 449 g/mol. The van der Waals surface area contributed by atoms with Gasteiger partial charge in [-0.25, -0.2) is 4.98 Å². The summed E-state index contributed by atoms with van der Waals surface area (Å²) in [5, 5.41) is 15.1. The van der Waals surface area contributed by atoms with E-state index in [1.807, 2.05) is 60.1 Å². The van der Waals surface area contributed by atoms with Gasteiger partial charge in [0.05, 0.1) is 5.69 Å². The van der Waals surface area contributed by atoms with E-state index >= 15 is 0 Å². The molecule has 0 bridgehead atoms. The zero-order valence-corrected chi connectivity index (χ0v) is 18.0. The molecule has 5 aromatic rings. The molecule has 31 heavy (non-hydrogen) atoms. The molecule has 0 unspecified atom stereocenters. The maximum absolute atomic E-state index is 5.92. The van der Waals surface area contributed by atoms with Gasteiger partial charge in [-0.3, -0.25) is 0 Å². The lowest BCUT2D eigenvalue weighted by Crippen LogP contribution is -2.04. The zero-order chi connectivity index (χ0) is 21.2. The number of aromatic nitrogens is 7. The Balaban J connectivity index is 1.41. The van der Waals surface area contributed by atoms with Gasteiger partial charge in [0.2, 0.25) is 0 Å². The summed E-state index contributed by atoms with van der Waals surface area (Å²) in [6.07, 6.45) is 1.49. The van der Waals surface area contributed by atoms with Crippen LogP contribution in [0, 0.1) is 0 Å². The summed E-state index contributed by atoms with van der Waals surface area (Å²) in [4.78, 5) is 8.87. The van der Waals surface area contributed by atoms with E-state index in [-0.39, 0.29) is 6.61 Å². The SMILES string of the molecule is Cn1c(COc2ccc(Cl)cc2)nnc1Sc1cc(-c2ccccc2)nc2ncnn12. The smallest absolute Gasteiger partial charge is 0.253 e. The highest BCUT2D eigenvalue weighted by Gasteiger charge is 2.15. The van der Waals surface area contributed by atoms with Gasteiger partial charge in [0.1, 0.15) is 23.7 Å². The molecule has 0 aliphatic rings. The molecule has 2 aromatic carbocycles. The molecule has 0 aliphatic heterocycles. The Kier molecular flexibility index (Phi) is 5.27. The molecular formula is C21H16ClN7OS. The molecule has 8 nitrogen and oxygen atoms in total. The number of hydrogen-bond acceptors (Lipinski definition) is 7. The molecule has 0 atom stereocenters. The third-order valence-corrected chi connectivity index (χ3v) is 5.88. The topological polar surface area (TPSA) is 83.0 Å². The minimum absolute atomic E-state index is 0.288. The van der Waals surface area contributed by atoms with Crippen molar-refractivity contribution in [2.24, 2.45) is 7.05 Å². The lowest BCUT2D eigenvalue weighted by atomic mass is 10.1. The molecule has 0 radical (unpaired) electrons. The van der Waals surface area contributed by atoms with Gasteiger partial charge >= 0.3 is 0 Å². The molecule has 0 saturated heterocycles. The van der Waals surface area contributed by atoms with Gasteiger partial charge in [-0.05, 0) is 42.1 Å². The molecule has 154 valence electrons. The minimum atomic E-state index is 0.288. The molecule has 3 heterocycles. The van der Waals surface area contributed by atoms with Gasteiger partial charge in [0.25, 0.3) is 5.78 Å². The number of fused-ring (bicyclic) bond motifs is 1. The number of halogens is 1. The number of nitrogens with zero attached hydrogens (tertiary/aromatic N) is 7. The van der Waals surface area contributed by atoms with E-state index in [2.05, 4.69) is 25.3 Å². The van der Waals surface area contributed by atoms with E-state index in [0.29, 0.717) is 27.5 Å². The summed E-state index contributed by atoms with van der Waals surface area (Å²) < 4.78 is 9.38. The van der Waals surface area contributed by atoms with Crippen LogP contribution in [0.3, 0.4) is 0 Å². The van der Waals surface area contributed by atoms with Crippen LogP contribution in [0.15, 0.2) is 77.2 Å². The average molecular weight is 450 g/mol. The first-order chi connectivity index (χ1) is 15.2.